The first-order valence-electron chi connectivity index (χ1n) is 6.40. The summed E-state index contributed by atoms with van der Waals surface area (Å²) in [5, 5.41) is 9.10. The first-order valence-corrected chi connectivity index (χ1v) is 7.83. The Morgan fingerprint density at radius 2 is 2.19 bits per heavy atom. The molecule has 112 valence electrons. The van der Waals surface area contributed by atoms with E-state index in [1.165, 1.54) is 28.4 Å². The van der Waals surface area contributed by atoms with Crippen molar-refractivity contribution in [3.05, 3.63) is 45.5 Å². The van der Waals surface area contributed by atoms with Gasteiger partial charge >= 0.3 is 5.97 Å². The molecule has 21 heavy (non-hydrogen) atoms. The maximum absolute atomic E-state index is 12.0. The average molecular weight is 327 g/mol. The van der Waals surface area contributed by atoms with Crippen molar-refractivity contribution in [2.45, 2.75) is 24.9 Å². The number of fused-ring (bicyclic) bond motifs is 1. The maximum atomic E-state index is 12.0. The molecule has 7 heteroatoms. The average Bonchev–Trinajstić information content (AvgIpc) is 2.39. The number of carboxylic acid groups (broad SMARTS) is 1. The van der Waals surface area contributed by atoms with Gasteiger partial charge in [-0.3, -0.25) is 14.0 Å². The third-order valence-corrected chi connectivity index (χ3v) is 4.73. The topological polar surface area (TPSA) is 71.7 Å². The molecule has 1 unspecified atom stereocenters. The molecule has 5 nitrogen and oxygen atoms in total. The third kappa shape index (κ3) is 3.77. The predicted octanol–water partition coefficient (Wildman–Crippen LogP) is 2.69. The minimum absolute atomic E-state index is 0.00728. The first kappa shape index (κ1) is 15.9. The van der Waals surface area contributed by atoms with Gasteiger partial charge in [-0.05, 0) is 18.1 Å². The number of carbonyl (C=O) groups is 1. The van der Waals surface area contributed by atoms with Crippen molar-refractivity contribution in [3.8, 4) is 0 Å². The van der Waals surface area contributed by atoms with Crippen molar-refractivity contribution in [2.75, 3.05) is 0 Å². The molecule has 0 aliphatic heterocycles. The second-order valence-corrected chi connectivity index (χ2v) is 6.54. The molecule has 0 amide bonds. The molecule has 0 fully saturated rings. The van der Waals surface area contributed by atoms with E-state index in [1.54, 1.807) is 12.1 Å². The van der Waals surface area contributed by atoms with E-state index in [4.69, 9.17) is 16.7 Å². The Hall–Kier alpha value is -1.53. The summed E-state index contributed by atoms with van der Waals surface area (Å²) in [6.07, 6.45) is 1.51. The van der Waals surface area contributed by atoms with E-state index in [-0.39, 0.29) is 11.5 Å². The molecule has 2 heterocycles. The molecule has 0 spiro atoms. The second kappa shape index (κ2) is 6.49. The Morgan fingerprint density at radius 1 is 1.48 bits per heavy atom. The standard InChI is InChI=1S/C14H15ClN2O3S/c1-8(2)13(14(19)20)21-7-10-5-12(18)17-6-9(15)3-4-11(17)16-10/h3-6,8,13H,7H2,1-2H3,(H,19,20). The van der Waals surface area contributed by atoms with Gasteiger partial charge in [0.15, 0.2) is 0 Å². The molecule has 0 saturated carbocycles. The summed E-state index contributed by atoms with van der Waals surface area (Å²) < 4.78 is 1.37. The summed E-state index contributed by atoms with van der Waals surface area (Å²) in [5.74, 6) is -0.462. The van der Waals surface area contributed by atoms with Crippen LogP contribution < -0.4 is 5.56 Å². The first-order chi connectivity index (χ1) is 9.88. The highest BCUT2D eigenvalue weighted by molar-refractivity contribution is 7.99. The van der Waals surface area contributed by atoms with Gasteiger partial charge in [0.25, 0.3) is 5.56 Å². The molecule has 0 saturated heterocycles. The van der Waals surface area contributed by atoms with Crippen molar-refractivity contribution in [3.63, 3.8) is 0 Å². The summed E-state index contributed by atoms with van der Waals surface area (Å²) in [7, 11) is 0. The van der Waals surface area contributed by atoms with Gasteiger partial charge in [-0.15, -0.1) is 11.8 Å². The highest BCUT2D eigenvalue weighted by Gasteiger charge is 2.22. The molecule has 0 aliphatic carbocycles. The predicted molar refractivity (Wildman–Crippen MR) is 84.0 cm³/mol. The zero-order chi connectivity index (χ0) is 15.6. The van der Waals surface area contributed by atoms with Crippen LogP contribution in [0.1, 0.15) is 19.5 Å². The zero-order valence-corrected chi connectivity index (χ0v) is 13.2. The molecule has 2 aromatic rings. The Kier molecular flexibility index (Phi) is 4.90. The van der Waals surface area contributed by atoms with E-state index in [1.807, 2.05) is 13.8 Å². The zero-order valence-electron chi connectivity index (χ0n) is 11.6. The van der Waals surface area contributed by atoms with Crippen molar-refractivity contribution in [1.29, 1.82) is 0 Å². The minimum Gasteiger partial charge on any atom is -0.480 e. The number of rotatable bonds is 5. The number of aromatic nitrogens is 2. The van der Waals surface area contributed by atoms with Crippen molar-refractivity contribution in [2.24, 2.45) is 5.92 Å². The summed E-state index contributed by atoms with van der Waals surface area (Å²) in [6.45, 7) is 3.72. The molecule has 2 aromatic heterocycles. The van der Waals surface area contributed by atoms with Crippen molar-refractivity contribution < 1.29 is 9.90 Å². The molecule has 1 N–H and O–H groups in total. The molecular weight excluding hydrogens is 312 g/mol. The lowest BCUT2D eigenvalue weighted by atomic mass is 10.1. The molecule has 0 radical (unpaired) electrons. The number of thioether (sulfide) groups is 1. The lowest BCUT2D eigenvalue weighted by molar-refractivity contribution is -0.137. The molecule has 0 aliphatic rings. The molecular formula is C14H15ClN2O3S. The van der Waals surface area contributed by atoms with Crippen LogP contribution in [0.5, 0.6) is 0 Å². The van der Waals surface area contributed by atoms with E-state index >= 15 is 0 Å². The fourth-order valence-electron chi connectivity index (χ4n) is 1.92. The van der Waals surface area contributed by atoms with E-state index in [9.17, 15) is 9.59 Å². The van der Waals surface area contributed by atoms with Gasteiger partial charge < -0.3 is 5.11 Å². The number of carboxylic acids is 1. The molecule has 1 atom stereocenters. The van der Waals surface area contributed by atoms with Gasteiger partial charge in [0.05, 0.1) is 10.7 Å². The summed E-state index contributed by atoms with van der Waals surface area (Å²) in [6, 6.07) is 4.74. The fraction of sp³-hybridized carbons (Fsp3) is 0.357. The number of hydrogen-bond donors (Lipinski definition) is 1. The number of hydrogen-bond acceptors (Lipinski definition) is 4. The van der Waals surface area contributed by atoms with Gasteiger partial charge in [0.2, 0.25) is 0 Å². The number of halogens is 1. The highest BCUT2D eigenvalue weighted by atomic mass is 35.5. The van der Waals surface area contributed by atoms with Gasteiger partial charge in [-0.1, -0.05) is 25.4 Å². The van der Waals surface area contributed by atoms with Crippen LogP contribution in [0.3, 0.4) is 0 Å². The van der Waals surface area contributed by atoms with Crippen LogP contribution in [-0.4, -0.2) is 25.7 Å². The number of pyridine rings is 1. The van der Waals surface area contributed by atoms with Gasteiger partial charge in [-0.2, -0.15) is 0 Å². The lowest BCUT2D eigenvalue weighted by Gasteiger charge is -2.15. The number of nitrogens with zero attached hydrogens (tertiary/aromatic N) is 2. The van der Waals surface area contributed by atoms with E-state index in [2.05, 4.69) is 4.98 Å². The highest BCUT2D eigenvalue weighted by Crippen LogP contribution is 2.23. The molecule has 0 bridgehead atoms. The van der Waals surface area contributed by atoms with Gasteiger partial charge in [0, 0.05) is 18.0 Å². The summed E-state index contributed by atoms with van der Waals surface area (Å²) in [5.41, 5.74) is 0.840. The molecule has 2 rings (SSSR count). The van der Waals surface area contributed by atoms with Crippen LogP contribution in [-0.2, 0) is 10.5 Å². The Balaban J connectivity index is 2.25. The van der Waals surface area contributed by atoms with Crippen LogP contribution in [0.4, 0.5) is 0 Å². The smallest absolute Gasteiger partial charge is 0.316 e. The van der Waals surface area contributed by atoms with E-state index in [0.717, 1.165) is 0 Å². The van der Waals surface area contributed by atoms with Crippen LogP contribution in [0.2, 0.25) is 5.02 Å². The van der Waals surface area contributed by atoms with Crippen LogP contribution in [0.25, 0.3) is 5.65 Å². The van der Waals surface area contributed by atoms with Crippen LogP contribution >= 0.6 is 23.4 Å². The Labute approximate surface area is 131 Å². The fourth-order valence-corrected chi connectivity index (χ4v) is 3.11. The van der Waals surface area contributed by atoms with Crippen molar-refractivity contribution >= 4 is 35.0 Å². The number of aliphatic carboxylic acids is 1. The third-order valence-electron chi connectivity index (χ3n) is 2.94. The summed E-state index contributed by atoms with van der Waals surface area (Å²) >= 11 is 7.12. The van der Waals surface area contributed by atoms with Crippen LogP contribution in [0, 0.1) is 5.92 Å². The quantitative estimate of drug-likeness (QED) is 0.914. The SMILES string of the molecule is CC(C)C(SCc1cc(=O)n2cc(Cl)ccc2n1)C(=O)O. The molecule has 0 aromatic carbocycles. The normalized spacial score (nSPS) is 12.8. The summed E-state index contributed by atoms with van der Waals surface area (Å²) in [4.78, 5) is 27.5. The monoisotopic (exact) mass is 326 g/mol. The van der Waals surface area contributed by atoms with E-state index in [0.29, 0.717) is 22.1 Å². The largest absolute Gasteiger partial charge is 0.480 e. The van der Waals surface area contributed by atoms with E-state index < -0.39 is 11.2 Å². The Morgan fingerprint density at radius 3 is 2.81 bits per heavy atom. The van der Waals surface area contributed by atoms with Crippen molar-refractivity contribution in [1.82, 2.24) is 9.38 Å². The van der Waals surface area contributed by atoms with Gasteiger partial charge in [0.1, 0.15) is 10.9 Å². The Bertz CT molecular complexity index is 730. The minimum atomic E-state index is -0.848. The van der Waals surface area contributed by atoms with Gasteiger partial charge in [-0.25, -0.2) is 4.98 Å². The lowest BCUT2D eigenvalue weighted by Crippen LogP contribution is -2.23. The maximum Gasteiger partial charge on any atom is 0.316 e. The van der Waals surface area contributed by atoms with Crippen LogP contribution in [0.15, 0.2) is 29.2 Å². The second-order valence-electron chi connectivity index (χ2n) is 4.98.